The highest BCUT2D eigenvalue weighted by Gasteiger charge is 2.17. The number of amides is 1. The Morgan fingerprint density at radius 3 is 2.59 bits per heavy atom. The highest BCUT2D eigenvalue weighted by molar-refractivity contribution is 5.91. The lowest BCUT2D eigenvalue weighted by atomic mass is 10.2. The summed E-state index contributed by atoms with van der Waals surface area (Å²) in [6.07, 6.45) is 0.813. The molecule has 5 nitrogen and oxygen atoms in total. The second-order valence-electron chi connectivity index (χ2n) is 4.84. The predicted molar refractivity (Wildman–Crippen MR) is 65.6 cm³/mol. The van der Waals surface area contributed by atoms with Gasteiger partial charge in [-0.05, 0) is 40.2 Å². The first-order valence-electron chi connectivity index (χ1n) is 5.92. The van der Waals surface area contributed by atoms with Gasteiger partial charge in [0.25, 0.3) is 5.91 Å². The van der Waals surface area contributed by atoms with Crippen molar-refractivity contribution >= 4 is 5.91 Å². The van der Waals surface area contributed by atoms with Gasteiger partial charge in [0.1, 0.15) is 5.69 Å². The maximum absolute atomic E-state index is 11.9. The van der Waals surface area contributed by atoms with E-state index in [1.807, 2.05) is 34.6 Å². The maximum atomic E-state index is 11.9. The minimum Gasteiger partial charge on any atom is -0.268 e. The number of carbonyl (C=O) groups excluding carboxylic acids is 1. The van der Waals surface area contributed by atoms with E-state index in [-0.39, 0.29) is 5.91 Å². The van der Waals surface area contributed by atoms with Gasteiger partial charge in [-0.3, -0.25) is 14.3 Å². The van der Waals surface area contributed by atoms with Gasteiger partial charge in [-0.15, -0.1) is 0 Å². The molecule has 0 saturated carbocycles. The van der Waals surface area contributed by atoms with Crippen LogP contribution >= 0.6 is 0 Å². The second-order valence-corrected chi connectivity index (χ2v) is 4.84. The molecule has 0 atom stereocenters. The molecule has 0 aliphatic carbocycles. The number of hydrogen-bond acceptors (Lipinski definition) is 3. The second kappa shape index (κ2) is 5.31. The number of carbonyl (C=O) groups is 1. The van der Waals surface area contributed by atoms with Gasteiger partial charge in [0.05, 0.1) is 11.3 Å². The molecule has 0 unspecified atom stereocenters. The smallest absolute Gasteiger partial charge is 0.268 e. The number of hydrogen-bond donors (Lipinski definition) is 1. The molecule has 0 spiro atoms. The molecule has 0 saturated heterocycles. The normalized spacial score (nSPS) is 11.6. The van der Waals surface area contributed by atoms with Crippen molar-refractivity contribution in [3.63, 3.8) is 0 Å². The molecule has 0 fully saturated rings. The Morgan fingerprint density at radius 1 is 1.47 bits per heavy atom. The van der Waals surface area contributed by atoms with Crippen LogP contribution in [-0.4, -0.2) is 21.3 Å². The zero-order valence-corrected chi connectivity index (χ0v) is 11.2. The molecule has 1 heterocycles. The van der Waals surface area contributed by atoms with Gasteiger partial charge in [0.2, 0.25) is 0 Å². The number of nitrogens with zero attached hydrogens (tertiary/aromatic N) is 2. The van der Waals surface area contributed by atoms with Crippen molar-refractivity contribution in [2.75, 3.05) is 0 Å². The zero-order valence-electron chi connectivity index (χ0n) is 11.2. The maximum Gasteiger partial charge on any atom is 0.293 e. The number of nitrogens with one attached hydrogen (secondary N) is 1. The van der Waals surface area contributed by atoms with Crippen molar-refractivity contribution in [1.29, 1.82) is 0 Å². The van der Waals surface area contributed by atoms with Crippen LogP contribution in [0.1, 0.15) is 50.8 Å². The van der Waals surface area contributed by atoms with Gasteiger partial charge in [-0.2, -0.15) is 5.10 Å². The lowest BCUT2D eigenvalue weighted by Gasteiger charge is -2.18. The number of hydroxylamine groups is 1. The molecule has 1 aromatic rings. The summed E-state index contributed by atoms with van der Waals surface area (Å²) in [5.41, 5.74) is 3.49. The fourth-order valence-electron chi connectivity index (χ4n) is 1.32. The lowest BCUT2D eigenvalue weighted by Crippen LogP contribution is -2.34. The average Bonchev–Trinajstić information content (AvgIpc) is 2.68. The summed E-state index contributed by atoms with van der Waals surface area (Å²) in [6, 6.07) is 1.80. The molecule has 1 aromatic heterocycles. The first-order chi connectivity index (χ1) is 7.87. The van der Waals surface area contributed by atoms with Crippen molar-refractivity contribution in [1.82, 2.24) is 15.3 Å². The van der Waals surface area contributed by atoms with Gasteiger partial charge in [0, 0.05) is 6.54 Å². The van der Waals surface area contributed by atoms with Gasteiger partial charge >= 0.3 is 0 Å². The molecule has 5 heteroatoms. The zero-order chi connectivity index (χ0) is 13.1. The molecular weight excluding hydrogens is 218 g/mol. The molecule has 0 radical (unpaired) electrons. The van der Waals surface area contributed by atoms with E-state index in [4.69, 9.17) is 4.84 Å². The molecule has 1 rings (SSSR count). The van der Waals surface area contributed by atoms with Gasteiger partial charge in [0.15, 0.2) is 0 Å². The van der Waals surface area contributed by atoms with Crippen LogP contribution in [0.15, 0.2) is 6.07 Å². The van der Waals surface area contributed by atoms with E-state index in [1.165, 1.54) is 0 Å². The summed E-state index contributed by atoms with van der Waals surface area (Å²) in [5, 5.41) is 4.31. The minimum absolute atomic E-state index is 0.256. The summed E-state index contributed by atoms with van der Waals surface area (Å²) in [6.45, 7) is 10.3. The molecule has 1 amide bonds. The van der Waals surface area contributed by atoms with E-state index in [2.05, 4.69) is 10.6 Å². The Hall–Kier alpha value is -1.36. The van der Waals surface area contributed by atoms with Crippen molar-refractivity contribution in [3.8, 4) is 0 Å². The van der Waals surface area contributed by atoms with Crippen LogP contribution in [0.5, 0.6) is 0 Å². The van der Waals surface area contributed by atoms with Crippen molar-refractivity contribution < 1.29 is 9.63 Å². The molecule has 0 aliphatic rings. The molecule has 1 N–H and O–H groups in total. The largest absolute Gasteiger partial charge is 0.293 e. The summed E-state index contributed by atoms with van der Waals surface area (Å²) in [5.74, 6) is -0.256. The van der Waals surface area contributed by atoms with E-state index in [9.17, 15) is 4.79 Å². The highest BCUT2D eigenvalue weighted by Crippen LogP contribution is 2.08. The third-order valence-corrected chi connectivity index (χ3v) is 2.17. The molecular formula is C12H21N3O2. The third kappa shape index (κ3) is 3.85. The molecule has 96 valence electrons. The van der Waals surface area contributed by atoms with Crippen molar-refractivity contribution in [3.05, 3.63) is 17.5 Å². The number of rotatable bonds is 4. The van der Waals surface area contributed by atoms with E-state index in [0.29, 0.717) is 12.2 Å². The molecule has 0 aromatic carbocycles. The average molecular weight is 239 g/mol. The Bertz CT molecular complexity index is 391. The monoisotopic (exact) mass is 239 g/mol. The topological polar surface area (TPSA) is 56.1 Å². The summed E-state index contributed by atoms with van der Waals surface area (Å²) >= 11 is 0. The lowest BCUT2D eigenvalue weighted by molar-refractivity contribution is -0.0593. The SMILES string of the molecule is CCc1cc(C(=O)NOC(C)(C)C)n(CC)n1. The van der Waals surface area contributed by atoms with E-state index >= 15 is 0 Å². The third-order valence-electron chi connectivity index (χ3n) is 2.17. The fourth-order valence-corrected chi connectivity index (χ4v) is 1.32. The standard InChI is InChI=1S/C12H21N3O2/c1-6-9-8-10(15(7-2)13-9)11(16)14-17-12(3,4)5/h8H,6-7H2,1-5H3,(H,14,16). The Balaban J connectivity index is 2.77. The Morgan fingerprint density at radius 2 is 2.12 bits per heavy atom. The predicted octanol–water partition coefficient (Wildman–Crippen LogP) is 1.93. The van der Waals surface area contributed by atoms with E-state index in [0.717, 1.165) is 12.1 Å². The van der Waals surface area contributed by atoms with Gasteiger partial charge in [-0.1, -0.05) is 6.92 Å². The van der Waals surface area contributed by atoms with Crippen LogP contribution in [0.25, 0.3) is 0 Å². The van der Waals surface area contributed by atoms with Gasteiger partial charge in [-0.25, -0.2) is 5.48 Å². The van der Waals surface area contributed by atoms with Crippen molar-refractivity contribution in [2.24, 2.45) is 0 Å². The van der Waals surface area contributed by atoms with Gasteiger partial charge < -0.3 is 0 Å². The first kappa shape index (κ1) is 13.7. The van der Waals surface area contributed by atoms with Crippen LogP contribution in [0, 0.1) is 0 Å². The van der Waals surface area contributed by atoms with Crippen LogP contribution in [0.3, 0.4) is 0 Å². The fraction of sp³-hybridized carbons (Fsp3) is 0.667. The van der Waals surface area contributed by atoms with Crippen LogP contribution in [-0.2, 0) is 17.8 Å². The van der Waals surface area contributed by atoms with E-state index in [1.54, 1.807) is 10.7 Å². The number of aryl methyl sites for hydroxylation is 2. The van der Waals surface area contributed by atoms with Crippen molar-refractivity contribution in [2.45, 2.75) is 53.2 Å². The Kier molecular flexibility index (Phi) is 4.28. The van der Waals surface area contributed by atoms with E-state index < -0.39 is 5.60 Å². The van der Waals surface area contributed by atoms with Crippen LogP contribution in [0.2, 0.25) is 0 Å². The summed E-state index contributed by atoms with van der Waals surface area (Å²) in [4.78, 5) is 17.2. The quantitative estimate of drug-likeness (QED) is 0.817. The number of aromatic nitrogens is 2. The van der Waals surface area contributed by atoms with Crippen LogP contribution in [0.4, 0.5) is 0 Å². The summed E-state index contributed by atoms with van der Waals surface area (Å²) < 4.78 is 1.68. The highest BCUT2D eigenvalue weighted by atomic mass is 16.7. The first-order valence-corrected chi connectivity index (χ1v) is 5.92. The minimum atomic E-state index is -0.402. The molecule has 17 heavy (non-hydrogen) atoms. The Labute approximate surface area is 102 Å². The van der Waals surface area contributed by atoms with Crippen LogP contribution < -0.4 is 5.48 Å². The molecule has 0 aliphatic heterocycles. The summed E-state index contributed by atoms with van der Waals surface area (Å²) in [7, 11) is 0. The molecule has 0 bridgehead atoms.